The molecule has 0 saturated heterocycles. The molecule has 28 heavy (non-hydrogen) atoms. The molecule has 0 saturated carbocycles. The molecule has 2 heterocycles. The molecular weight excluding hydrogens is 410 g/mol. The summed E-state index contributed by atoms with van der Waals surface area (Å²) in [4.78, 5) is 0. The van der Waals surface area contributed by atoms with Gasteiger partial charge in [0, 0.05) is 22.7 Å². The molecule has 0 atom stereocenters. The average molecular weight is 426 g/mol. The molecule has 2 aromatic carbocycles. The van der Waals surface area contributed by atoms with Crippen molar-refractivity contribution in [3.8, 4) is 16.9 Å². The van der Waals surface area contributed by atoms with Crippen LogP contribution in [0.3, 0.4) is 0 Å². The van der Waals surface area contributed by atoms with Crippen LogP contribution in [0.15, 0.2) is 42.5 Å². The van der Waals surface area contributed by atoms with Crippen LogP contribution in [0.5, 0.6) is 0 Å². The molecule has 0 bridgehead atoms. The van der Waals surface area contributed by atoms with Gasteiger partial charge in [-0.2, -0.15) is 18.3 Å². The summed E-state index contributed by atoms with van der Waals surface area (Å²) in [6.45, 7) is 0.771. The highest BCUT2D eigenvalue weighted by molar-refractivity contribution is 6.36. The Hall–Kier alpha value is -2.18. The van der Waals surface area contributed by atoms with Crippen LogP contribution in [0.25, 0.3) is 16.9 Å². The van der Waals surface area contributed by atoms with Gasteiger partial charge < -0.3 is 5.32 Å². The monoisotopic (exact) mass is 425 g/mol. The number of hydrogen-bond donors (Lipinski definition) is 1. The fourth-order valence-corrected chi connectivity index (χ4v) is 3.88. The molecule has 1 aliphatic rings. The van der Waals surface area contributed by atoms with Crippen LogP contribution in [-0.4, -0.2) is 16.3 Å². The van der Waals surface area contributed by atoms with Gasteiger partial charge in [0.1, 0.15) is 5.82 Å². The van der Waals surface area contributed by atoms with Gasteiger partial charge in [0.15, 0.2) is 0 Å². The predicted octanol–water partition coefficient (Wildman–Crippen LogP) is 6.61. The molecule has 1 aliphatic heterocycles. The van der Waals surface area contributed by atoms with Crippen LogP contribution in [0.4, 0.5) is 19.0 Å². The Morgan fingerprint density at radius 3 is 2.43 bits per heavy atom. The largest absolute Gasteiger partial charge is 0.416 e. The highest BCUT2D eigenvalue weighted by Crippen LogP contribution is 2.38. The summed E-state index contributed by atoms with van der Waals surface area (Å²) < 4.78 is 40.3. The minimum atomic E-state index is -4.38. The number of aromatic nitrogens is 2. The van der Waals surface area contributed by atoms with E-state index in [-0.39, 0.29) is 0 Å². The number of nitrogens with one attached hydrogen (secondary N) is 1. The van der Waals surface area contributed by atoms with Crippen LogP contribution >= 0.6 is 23.2 Å². The second kappa shape index (κ2) is 7.33. The van der Waals surface area contributed by atoms with E-state index in [0.717, 1.165) is 54.9 Å². The van der Waals surface area contributed by atoms with Gasteiger partial charge in [0.25, 0.3) is 0 Å². The molecule has 0 fully saturated rings. The maximum atomic E-state index is 12.9. The maximum Gasteiger partial charge on any atom is 0.416 e. The first-order chi connectivity index (χ1) is 13.3. The Balaban J connectivity index is 1.85. The van der Waals surface area contributed by atoms with Crippen LogP contribution in [0, 0.1) is 0 Å². The lowest BCUT2D eigenvalue weighted by atomic mass is 10.0. The third-order valence-corrected chi connectivity index (χ3v) is 5.30. The van der Waals surface area contributed by atoms with E-state index in [1.807, 2.05) is 6.07 Å². The van der Waals surface area contributed by atoms with Gasteiger partial charge >= 0.3 is 6.18 Å². The number of nitrogens with zero attached hydrogens (tertiary/aromatic N) is 2. The van der Waals surface area contributed by atoms with Gasteiger partial charge in [-0.3, -0.25) is 0 Å². The molecule has 0 radical (unpaired) electrons. The summed E-state index contributed by atoms with van der Waals surface area (Å²) in [5, 5.41) is 9.08. The van der Waals surface area contributed by atoms with E-state index in [9.17, 15) is 13.2 Å². The van der Waals surface area contributed by atoms with Gasteiger partial charge in [0.05, 0.1) is 22.0 Å². The smallest absolute Gasteiger partial charge is 0.370 e. The molecule has 1 aromatic heterocycles. The number of fused-ring (bicyclic) bond motifs is 1. The first-order valence-corrected chi connectivity index (χ1v) is 9.59. The fourth-order valence-electron chi connectivity index (χ4n) is 3.38. The molecule has 146 valence electrons. The SMILES string of the molecule is FC(F)(F)c1ccc(-n2nc(-c3ccc(Cl)cc3Cl)c3c2NCCCC3)cc1. The highest BCUT2D eigenvalue weighted by atomic mass is 35.5. The Kier molecular flexibility index (Phi) is 5.02. The zero-order valence-corrected chi connectivity index (χ0v) is 16.2. The van der Waals surface area contributed by atoms with Gasteiger partial charge in [0.2, 0.25) is 0 Å². The molecule has 0 spiro atoms. The lowest BCUT2D eigenvalue weighted by molar-refractivity contribution is -0.137. The second-order valence-corrected chi connectivity index (χ2v) is 7.48. The summed E-state index contributed by atoms with van der Waals surface area (Å²) in [7, 11) is 0. The van der Waals surface area contributed by atoms with Crippen molar-refractivity contribution in [2.24, 2.45) is 0 Å². The molecule has 8 heteroatoms. The number of benzene rings is 2. The van der Waals surface area contributed by atoms with E-state index in [1.54, 1.807) is 16.8 Å². The molecule has 4 rings (SSSR count). The van der Waals surface area contributed by atoms with E-state index < -0.39 is 11.7 Å². The Bertz CT molecular complexity index is 1010. The summed E-state index contributed by atoms with van der Waals surface area (Å²) in [5.41, 5.74) is 2.32. The minimum absolute atomic E-state index is 0.483. The molecular formula is C20H16Cl2F3N3. The van der Waals surface area contributed by atoms with Crippen molar-refractivity contribution in [2.75, 3.05) is 11.9 Å². The van der Waals surface area contributed by atoms with Gasteiger partial charge in [-0.1, -0.05) is 23.2 Å². The van der Waals surface area contributed by atoms with E-state index >= 15 is 0 Å². The fraction of sp³-hybridized carbons (Fsp3) is 0.250. The number of anilines is 1. The van der Waals surface area contributed by atoms with Crippen LogP contribution in [0.2, 0.25) is 10.0 Å². The Morgan fingerprint density at radius 2 is 1.75 bits per heavy atom. The number of hydrogen-bond acceptors (Lipinski definition) is 2. The predicted molar refractivity (Wildman–Crippen MR) is 105 cm³/mol. The summed E-state index contributed by atoms with van der Waals surface area (Å²) >= 11 is 12.4. The Morgan fingerprint density at radius 1 is 1.00 bits per heavy atom. The molecule has 3 nitrogen and oxygen atoms in total. The molecule has 0 amide bonds. The second-order valence-electron chi connectivity index (χ2n) is 6.64. The number of alkyl halides is 3. The van der Waals surface area contributed by atoms with Crippen LogP contribution in [0.1, 0.15) is 24.0 Å². The first kappa shape index (κ1) is 19.2. The van der Waals surface area contributed by atoms with Gasteiger partial charge in [-0.25, -0.2) is 4.68 Å². The van der Waals surface area contributed by atoms with Crippen molar-refractivity contribution in [2.45, 2.75) is 25.4 Å². The van der Waals surface area contributed by atoms with Crippen molar-refractivity contribution >= 4 is 29.0 Å². The number of halogens is 5. The molecule has 3 aromatic rings. The highest BCUT2D eigenvalue weighted by Gasteiger charge is 2.30. The van der Waals surface area contributed by atoms with Crippen LogP contribution < -0.4 is 5.32 Å². The summed E-state index contributed by atoms with van der Waals surface area (Å²) in [5.74, 6) is 0.790. The molecule has 0 aliphatic carbocycles. The van der Waals surface area contributed by atoms with E-state index in [4.69, 9.17) is 28.3 Å². The maximum absolute atomic E-state index is 12.9. The number of rotatable bonds is 2. The van der Waals surface area contributed by atoms with E-state index in [1.165, 1.54) is 12.1 Å². The third-order valence-electron chi connectivity index (χ3n) is 4.75. The lowest BCUT2D eigenvalue weighted by Crippen LogP contribution is -2.08. The normalized spacial score (nSPS) is 14.3. The van der Waals surface area contributed by atoms with E-state index in [0.29, 0.717) is 21.4 Å². The van der Waals surface area contributed by atoms with Crippen molar-refractivity contribution in [3.63, 3.8) is 0 Å². The van der Waals surface area contributed by atoms with Crippen molar-refractivity contribution in [1.82, 2.24) is 9.78 Å². The molecule has 0 unspecified atom stereocenters. The van der Waals surface area contributed by atoms with Crippen molar-refractivity contribution in [1.29, 1.82) is 0 Å². The Labute approximate surface area is 170 Å². The molecule has 1 N–H and O–H groups in total. The average Bonchev–Trinajstić information content (AvgIpc) is 2.83. The van der Waals surface area contributed by atoms with E-state index in [2.05, 4.69) is 5.32 Å². The van der Waals surface area contributed by atoms with Gasteiger partial charge in [-0.05, 0) is 61.7 Å². The van der Waals surface area contributed by atoms with Gasteiger partial charge in [-0.15, -0.1) is 0 Å². The third kappa shape index (κ3) is 3.59. The zero-order chi connectivity index (χ0) is 19.9. The standard InChI is InChI=1S/C20H16Cl2F3N3/c21-13-6-9-15(17(22)11-13)18-16-3-1-2-10-26-19(16)28(27-18)14-7-4-12(5-8-14)20(23,24)25/h4-9,11,26H,1-3,10H2. The zero-order valence-electron chi connectivity index (χ0n) is 14.7. The lowest BCUT2D eigenvalue weighted by Gasteiger charge is -2.11. The first-order valence-electron chi connectivity index (χ1n) is 8.83. The quantitative estimate of drug-likeness (QED) is 0.500. The summed E-state index contributed by atoms with van der Waals surface area (Å²) in [6.07, 6.45) is -1.59. The van der Waals surface area contributed by atoms with Crippen molar-refractivity contribution < 1.29 is 13.2 Å². The summed E-state index contributed by atoms with van der Waals surface area (Å²) in [6, 6.07) is 10.2. The van der Waals surface area contributed by atoms with Crippen LogP contribution in [-0.2, 0) is 12.6 Å². The van der Waals surface area contributed by atoms with Crippen molar-refractivity contribution in [3.05, 3.63) is 63.6 Å². The minimum Gasteiger partial charge on any atom is -0.370 e. The topological polar surface area (TPSA) is 29.9 Å².